The van der Waals surface area contributed by atoms with Crippen molar-refractivity contribution in [3.05, 3.63) is 50.6 Å². The lowest BCUT2D eigenvalue weighted by Gasteiger charge is -1.98. The van der Waals surface area contributed by atoms with Crippen LogP contribution in [0.25, 0.3) is 10.8 Å². The highest BCUT2D eigenvalue weighted by atomic mass is 32.2. The molecule has 0 saturated heterocycles. The largest absolute Gasteiger partial charge is 0.410 e. The quantitative estimate of drug-likeness (QED) is 0.390. The molecule has 0 amide bonds. The summed E-state index contributed by atoms with van der Waals surface area (Å²) >= 11 is 2.85. The molecule has 0 aliphatic rings. The van der Waals surface area contributed by atoms with Crippen LogP contribution in [0.5, 0.6) is 0 Å². The summed E-state index contributed by atoms with van der Waals surface area (Å²) < 4.78 is 5.64. The number of aryl methyl sites for hydroxylation is 2. The highest BCUT2D eigenvalue weighted by Crippen LogP contribution is 2.31. The predicted molar refractivity (Wildman–Crippen MR) is 87.5 cm³/mol. The molecule has 0 aliphatic carbocycles. The van der Waals surface area contributed by atoms with Gasteiger partial charge in [-0.25, -0.2) is 4.98 Å². The highest BCUT2D eigenvalue weighted by Gasteiger charge is 2.15. The van der Waals surface area contributed by atoms with Crippen LogP contribution in [0.1, 0.15) is 16.3 Å². The van der Waals surface area contributed by atoms with E-state index in [-0.39, 0.29) is 5.69 Å². The third kappa shape index (κ3) is 3.57. The van der Waals surface area contributed by atoms with Crippen LogP contribution in [0.2, 0.25) is 0 Å². The van der Waals surface area contributed by atoms with Gasteiger partial charge in [0.1, 0.15) is 4.88 Å². The molecule has 0 spiro atoms. The van der Waals surface area contributed by atoms with Crippen molar-refractivity contribution < 1.29 is 9.34 Å². The molecular formula is C14H12N4O3S2. The first-order valence-corrected chi connectivity index (χ1v) is 8.47. The molecule has 23 heavy (non-hydrogen) atoms. The molecule has 7 nitrogen and oxygen atoms in total. The smallest absolute Gasteiger partial charge is 0.277 e. The van der Waals surface area contributed by atoms with Crippen LogP contribution in [0.3, 0.4) is 0 Å². The summed E-state index contributed by atoms with van der Waals surface area (Å²) in [6, 6.07) is 6.50. The van der Waals surface area contributed by atoms with E-state index in [4.69, 9.17) is 4.42 Å². The van der Waals surface area contributed by atoms with E-state index >= 15 is 0 Å². The van der Waals surface area contributed by atoms with E-state index in [1.807, 2.05) is 19.9 Å². The average molecular weight is 348 g/mol. The van der Waals surface area contributed by atoms with E-state index in [1.54, 1.807) is 12.1 Å². The number of non-ortho nitro benzene ring substituents is 1. The molecule has 0 unspecified atom stereocenters. The molecule has 2 aromatic heterocycles. The van der Waals surface area contributed by atoms with Gasteiger partial charge in [0.2, 0.25) is 0 Å². The number of aromatic nitrogens is 3. The van der Waals surface area contributed by atoms with Crippen LogP contribution < -0.4 is 0 Å². The van der Waals surface area contributed by atoms with Gasteiger partial charge in [0.05, 0.1) is 15.6 Å². The summed E-state index contributed by atoms with van der Waals surface area (Å²) in [7, 11) is 0. The molecule has 3 rings (SSSR count). The standard InChI is InChI=1S/C14H12N4O3S2/c1-8-12(23-9(2)15-8)13-16-17-14(21-13)22-7-10-4-3-5-11(6-10)18(19)20/h3-6H,7H2,1-2H3. The number of thioether (sulfide) groups is 1. The molecule has 0 saturated carbocycles. The second-order valence-corrected chi connectivity index (χ2v) is 6.87. The maximum Gasteiger partial charge on any atom is 0.277 e. The van der Waals surface area contributed by atoms with E-state index in [2.05, 4.69) is 15.2 Å². The molecular weight excluding hydrogens is 336 g/mol. The van der Waals surface area contributed by atoms with E-state index in [9.17, 15) is 10.1 Å². The second kappa shape index (κ2) is 6.47. The second-order valence-electron chi connectivity index (χ2n) is 4.74. The highest BCUT2D eigenvalue weighted by molar-refractivity contribution is 7.98. The van der Waals surface area contributed by atoms with Crippen molar-refractivity contribution in [2.45, 2.75) is 24.8 Å². The van der Waals surface area contributed by atoms with Gasteiger partial charge >= 0.3 is 0 Å². The molecule has 3 aromatic rings. The first-order valence-electron chi connectivity index (χ1n) is 6.67. The minimum absolute atomic E-state index is 0.0741. The van der Waals surface area contributed by atoms with Crippen molar-refractivity contribution in [3.63, 3.8) is 0 Å². The molecule has 0 atom stereocenters. The van der Waals surface area contributed by atoms with Gasteiger partial charge in [-0.2, -0.15) is 0 Å². The zero-order valence-electron chi connectivity index (χ0n) is 12.3. The number of nitro groups is 1. The minimum Gasteiger partial charge on any atom is -0.410 e. The number of nitro benzene ring substituents is 1. The van der Waals surface area contributed by atoms with Crippen molar-refractivity contribution in [2.75, 3.05) is 0 Å². The summed E-state index contributed by atoms with van der Waals surface area (Å²) in [6.45, 7) is 3.83. The Kier molecular flexibility index (Phi) is 4.39. The van der Waals surface area contributed by atoms with Gasteiger partial charge in [0.15, 0.2) is 0 Å². The van der Waals surface area contributed by atoms with Crippen molar-refractivity contribution in [2.24, 2.45) is 0 Å². The van der Waals surface area contributed by atoms with Crippen molar-refractivity contribution >= 4 is 28.8 Å². The molecule has 0 radical (unpaired) electrons. The Labute approximate surface area is 139 Å². The minimum atomic E-state index is -0.409. The van der Waals surface area contributed by atoms with Gasteiger partial charge in [0.25, 0.3) is 16.8 Å². The number of thiazole rings is 1. The monoisotopic (exact) mass is 348 g/mol. The zero-order chi connectivity index (χ0) is 16.4. The predicted octanol–water partition coefficient (Wildman–Crippen LogP) is 4.01. The number of hydrogen-bond acceptors (Lipinski definition) is 8. The number of nitrogens with zero attached hydrogens (tertiary/aromatic N) is 4. The third-order valence-corrected chi connectivity index (χ3v) is 4.94. The van der Waals surface area contributed by atoms with Crippen LogP contribution >= 0.6 is 23.1 Å². The summed E-state index contributed by atoms with van der Waals surface area (Å²) in [6.07, 6.45) is 0. The Balaban J connectivity index is 1.71. The fourth-order valence-corrected chi connectivity index (χ4v) is 3.54. The summed E-state index contributed by atoms with van der Waals surface area (Å²) in [5, 5.41) is 20.2. The van der Waals surface area contributed by atoms with E-state index in [0.29, 0.717) is 16.9 Å². The van der Waals surface area contributed by atoms with E-state index in [0.717, 1.165) is 21.1 Å². The van der Waals surface area contributed by atoms with Crippen LogP contribution in [0, 0.1) is 24.0 Å². The molecule has 0 aliphatic heterocycles. The summed E-state index contributed by atoms with van der Waals surface area (Å²) in [4.78, 5) is 15.6. The maximum atomic E-state index is 10.8. The number of benzene rings is 1. The van der Waals surface area contributed by atoms with Gasteiger partial charge in [-0.05, 0) is 19.4 Å². The Morgan fingerprint density at radius 1 is 1.35 bits per heavy atom. The lowest BCUT2D eigenvalue weighted by molar-refractivity contribution is -0.384. The first kappa shape index (κ1) is 15.6. The van der Waals surface area contributed by atoms with Gasteiger partial charge < -0.3 is 4.42 Å². The molecule has 2 heterocycles. The molecule has 0 fully saturated rings. The van der Waals surface area contributed by atoms with Crippen molar-refractivity contribution in [1.82, 2.24) is 15.2 Å². The van der Waals surface area contributed by atoms with E-state index < -0.39 is 4.92 Å². The number of hydrogen-bond donors (Lipinski definition) is 0. The fraction of sp³-hybridized carbons (Fsp3) is 0.214. The topological polar surface area (TPSA) is 95.0 Å². The molecule has 1 aromatic carbocycles. The van der Waals surface area contributed by atoms with Crippen LogP contribution in [-0.2, 0) is 5.75 Å². The normalized spacial score (nSPS) is 10.9. The lowest BCUT2D eigenvalue weighted by Crippen LogP contribution is -1.89. The molecule has 0 bridgehead atoms. The number of rotatable bonds is 5. The fourth-order valence-electron chi connectivity index (χ4n) is 1.99. The lowest BCUT2D eigenvalue weighted by atomic mass is 10.2. The molecule has 9 heteroatoms. The van der Waals surface area contributed by atoms with Crippen molar-refractivity contribution in [1.29, 1.82) is 0 Å². The van der Waals surface area contributed by atoms with Crippen LogP contribution in [0.15, 0.2) is 33.9 Å². The summed E-state index contributed by atoms with van der Waals surface area (Å²) in [5.74, 6) is 0.971. The summed E-state index contributed by atoms with van der Waals surface area (Å²) in [5.41, 5.74) is 1.77. The van der Waals surface area contributed by atoms with Crippen LogP contribution in [-0.4, -0.2) is 20.1 Å². The van der Waals surface area contributed by atoms with Gasteiger partial charge in [-0.15, -0.1) is 21.5 Å². The Morgan fingerprint density at radius 3 is 2.87 bits per heavy atom. The first-order chi connectivity index (χ1) is 11.0. The Hall–Kier alpha value is -2.26. The molecule has 0 N–H and O–H groups in total. The maximum absolute atomic E-state index is 10.8. The Bertz CT molecular complexity index is 859. The average Bonchev–Trinajstić information content (AvgIpc) is 3.11. The van der Waals surface area contributed by atoms with Gasteiger partial charge in [0, 0.05) is 17.9 Å². The van der Waals surface area contributed by atoms with Crippen LogP contribution in [0.4, 0.5) is 5.69 Å². The van der Waals surface area contributed by atoms with Gasteiger partial charge in [-0.1, -0.05) is 23.9 Å². The van der Waals surface area contributed by atoms with Crippen molar-refractivity contribution in [3.8, 4) is 10.8 Å². The molecule has 118 valence electrons. The van der Waals surface area contributed by atoms with E-state index in [1.165, 1.54) is 29.2 Å². The van der Waals surface area contributed by atoms with Gasteiger partial charge in [-0.3, -0.25) is 10.1 Å². The third-order valence-electron chi connectivity index (χ3n) is 2.99. The zero-order valence-corrected chi connectivity index (χ0v) is 14.0. The SMILES string of the molecule is Cc1nc(C)c(-c2nnc(SCc3cccc([N+](=O)[O-])c3)o2)s1. The Morgan fingerprint density at radius 2 is 2.17 bits per heavy atom.